The van der Waals surface area contributed by atoms with Crippen molar-refractivity contribution < 1.29 is 4.79 Å². The Hall–Kier alpha value is -1.02. The fraction of sp³-hybridized carbons (Fsp3) is 0.0714. The quantitative estimate of drug-likeness (QED) is 0.698. The maximum Gasteiger partial charge on any atom is 0.194 e. The minimum atomic E-state index is -0.165. The standard InChI is InChI=1S/C14H9Cl3O/c1-8-7-9(5-6-11(8)15)14(18)10-3-2-4-12(16)13(10)17/h2-7H,1H3. The lowest BCUT2D eigenvalue weighted by atomic mass is 10.0. The molecule has 0 saturated heterocycles. The van der Waals surface area contributed by atoms with Crippen LogP contribution in [0.3, 0.4) is 0 Å². The van der Waals surface area contributed by atoms with Gasteiger partial charge in [-0.1, -0.05) is 40.9 Å². The predicted octanol–water partition coefficient (Wildman–Crippen LogP) is 5.19. The Labute approximate surface area is 120 Å². The maximum atomic E-state index is 12.3. The summed E-state index contributed by atoms with van der Waals surface area (Å²) in [5, 5.41) is 1.27. The fourth-order valence-electron chi connectivity index (χ4n) is 1.62. The second-order valence-corrected chi connectivity index (χ2v) is 5.09. The Bertz CT molecular complexity index is 620. The molecule has 0 amide bonds. The van der Waals surface area contributed by atoms with Gasteiger partial charge in [0.15, 0.2) is 5.78 Å². The lowest BCUT2D eigenvalue weighted by Gasteiger charge is -2.06. The van der Waals surface area contributed by atoms with E-state index in [0.29, 0.717) is 21.2 Å². The van der Waals surface area contributed by atoms with Crippen LogP contribution in [0.25, 0.3) is 0 Å². The lowest BCUT2D eigenvalue weighted by molar-refractivity contribution is 0.103. The molecule has 0 heterocycles. The van der Waals surface area contributed by atoms with E-state index in [4.69, 9.17) is 34.8 Å². The minimum absolute atomic E-state index is 0.165. The van der Waals surface area contributed by atoms with Crippen LogP contribution in [0.15, 0.2) is 36.4 Å². The Morgan fingerprint density at radius 2 is 1.72 bits per heavy atom. The van der Waals surface area contributed by atoms with E-state index in [1.807, 2.05) is 6.92 Å². The van der Waals surface area contributed by atoms with E-state index < -0.39 is 0 Å². The third kappa shape index (κ3) is 2.54. The van der Waals surface area contributed by atoms with Gasteiger partial charge in [0.2, 0.25) is 0 Å². The molecule has 0 aliphatic rings. The summed E-state index contributed by atoms with van der Waals surface area (Å²) in [6.07, 6.45) is 0. The van der Waals surface area contributed by atoms with Crippen molar-refractivity contribution in [3.05, 3.63) is 68.2 Å². The smallest absolute Gasteiger partial charge is 0.194 e. The summed E-state index contributed by atoms with van der Waals surface area (Å²) in [6, 6.07) is 10.1. The number of halogens is 3. The van der Waals surface area contributed by atoms with Crippen LogP contribution in [-0.4, -0.2) is 5.78 Å². The zero-order valence-electron chi connectivity index (χ0n) is 9.51. The Morgan fingerprint density at radius 1 is 1.00 bits per heavy atom. The zero-order valence-corrected chi connectivity index (χ0v) is 11.8. The molecule has 0 N–H and O–H groups in total. The van der Waals surface area contributed by atoms with Crippen LogP contribution >= 0.6 is 34.8 Å². The van der Waals surface area contributed by atoms with Crippen LogP contribution < -0.4 is 0 Å². The van der Waals surface area contributed by atoms with Gasteiger partial charge in [0, 0.05) is 16.1 Å². The molecule has 0 saturated carbocycles. The van der Waals surface area contributed by atoms with Crippen LogP contribution in [0.4, 0.5) is 0 Å². The molecule has 0 atom stereocenters. The molecule has 0 spiro atoms. The van der Waals surface area contributed by atoms with E-state index in [2.05, 4.69) is 0 Å². The molecule has 0 aliphatic heterocycles. The molecule has 0 aromatic heterocycles. The molecular formula is C14H9Cl3O. The van der Waals surface area contributed by atoms with Gasteiger partial charge >= 0.3 is 0 Å². The van der Waals surface area contributed by atoms with Crippen LogP contribution in [0.5, 0.6) is 0 Å². The first kappa shape index (κ1) is 13.4. The van der Waals surface area contributed by atoms with E-state index in [0.717, 1.165) is 5.56 Å². The first-order chi connectivity index (χ1) is 8.50. The van der Waals surface area contributed by atoms with E-state index >= 15 is 0 Å². The molecule has 0 unspecified atom stereocenters. The molecule has 0 fully saturated rings. The van der Waals surface area contributed by atoms with Crippen LogP contribution in [0, 0.1) is 6.92 Å². The maximum absolute atomic E-state index is 12.3. The Morgan fingerprint density at radius 3 is 2.39 bits per heavy atom. The van der Waals surface area contributed by atoms with Crippen LogP contribution in [0.1, 0.15) is 21.5 Å². The molecule has 4 heteroatoms. The van der Waals surface area contributed by atoms with E-state index in [-0.39, 0.29) is 10.8 Å². The summed E-state index contributed by atoms with van der Waals surface area (Å²) < 4.78 is 0. The van der Waals surface area contributed by atoms with Crippen molar-refractivity contribution in [3.8, 4) is 0 Å². The summed E-state index contributed by atoms with van der Waals surface area (Å²) in [6.45, 7) is 1.85. The van der Waals surface area contributed by atoms with E-state index in [1.54, 1.807) is 36.4 Å². The number of ketones is 1. The van der Waals surface area contributed by atoms with Crippen molar-refractivity contribution in [3.63, 3.8) is 0 Å². The fourth-order valence-corrected chi connectivity index (χ4v) is 2.12. The van der Waals surface area contributed by atoms with Crippen molar-refractivity contribution >= 4 is 40.6 Å². The van der Waals surface area contributed by atoms with Gasteiger partial charge in [-0.05, 0) is 42.8 Å². The van der Waals surface area contributed by atoms with Gasteiger partial charge in [-0.15, -0.1) is 0 Å². The average molecular weight is 300 g/mol. The number of hydrogen-bond acceptors (Lipinski definition) is 1. The van der Waals surface area contributed by atoms with Crippen LogP contribution in [-0.2, 0) is 0 Å². The molecule has 2 aromatic carbocycles. The second kappa shape index (κ2) is 5.31. The van der Waals surface area contributed by atoms with Gasteiger partial charge in [-0.2, -0.15) is 0 Å². The largest absolute Gasteiger partial charge is 0.289 e. The van der Waals surface area contributed by atoms with E-state index in [9.17, 15) is 4.79 Å². The molecule has 0 bridgehead atoms. The SMILES string of the molecule is Cc1cc(C(=O)c2cccc(Cl)c2Cl)ccc1Cl. The monoisotopic (exact) mass is 298 g/mol. The molecule has 0 aliphatic carbocycles. The molecule has 92 valence electrons. The molecule has 0 radical (unpaired) electrons. The summed E-state index contributed by atoms with van der Waals surface area (Å²) in [5.41, 5.74) is 1.78. The predicted molar refractivity (Wildman–Crippen MR) is 76.1 cm³/mol. The number of carbonyl (C=O) groups excluding carboxylic acids is 1. The highest BCUT2D eigenvalue weighted by atomic mass is 35.5. The highest BCUT2D eigenvalue weighted by Gasteiger charge is 2.15. The number of aryl methyl sites for hydroxylation is 1. The van der Waals surface area contributed by atoms with Gasteiger partial charge in [0.05, 0.1) is 10.0 Å². The Kier molecular flexibility index (Phi) is 3.96. The zero-order chi connectivity index (χ0) is 13.3. The first-order valence-corrected chi connectivity index (χ1v) is 6.39. The average Bonchev–Trinajstić information content (AvgIpc) is 2.35. The van der Waals surface area contributed by atoms with Gasteiger partial charge < -0.3 is 0 Å². The summed E-state index contributed by atoms with van der Waals surface area (Å²) in [5.74, 6) is -0.165. The molecule has 2 aromatic rings. The van der Waals surface area contributed by atoms with Crippen molar-refractivity contribution in [1.82, 2.24) is 0 Å². The molecule has 1 nitrogen and oxygen atoms in total. The third-order valence-electron chi connectivity index (χ3n) is 2.62. The van der Waals surface area contributed by atoms with Gasteiger partial charge in [0.25, 0.3) is 0 Å². The Balaban J connectivity index is 2.48. The second-order valence-electron chi connectivity index (χ2n) is 3.89. The number of carbonyl (C=O) groups is 1. The molecule has 18 heavy (non-hydrogen) atoms. The van der Waals surface area contributed by atoms with Crippen molar-refractivity contribution in [2.24, 2.45) is 0 Å². The van der Waals surface area contributed by atoms with Crippen molar-refractivity contribution in [2.45, 2.75) is 6.92 Å². The third-order valence-corrected chi connectivity index (χ3v) is 3.86. The molecular weight excluding hydrogens is 291 g/mol. The number of hydrogen-bond donors (Lipinski definition) is 0. The van der Waals surface area contributed by atoms with Gasteiger partial charge in [-0.25, -0.2) is 0 Å². The van der Waals surface area contributed by atoms with Gasteiger partial charge in [0.1, 0.15) is 0 Å². The summed E-state index contributed by atoms with van der Waals surface area (Å²) >= 11 is 17.9. The summed E-state index contributed by atoms with van der Waals surface area (Å²) in [7, 11) is 0. The summed E-state index contributed by atoms with van der Waals surface area (Å²) in [4.78, 5) is 12.3. The van der Waals surface area contributed by atoms with E-state index in [1.165, 1.54) is 0 Å². The van der Waals surface area contributed by atoms with Gasteiger partial charge in [-0.3, -0.25) is 4.79 Å². The normalized spacial score (nSPS) is 10.4. The number of rotatable bonds is 2. The van der Waals surface area contributed by atoms with Crippen molar-refractivity contribution in [2.75, 3.05) is 0 Å². The highest BCUT2D eigenvalue weighted by molar-refractivity contribution is 6.44. The minimum Gasteiger partial charge on any atom is -0.289 e. The lowest BCUT2D eigenvalue weighted by Crippen LogP contribution is -2.02. The highest BCUT2D eigenvalue weighted by Crippen LogP contribution is 2.28. The topological polar surface area (TPSA) is 17.1 Å². The van der Waals surface area contributed by atoms with Crippen LogP contribution in [0.2, 0.25) is 15.1 Å². The van der Waals surface area contributed by atoms with Crippen molar-refractivity contribution in [1.29, 1.82) is 0 Å². The molecule has 2 rings (SSSR count). The first-order valence-electron chi connectivity index (χ1n) is 5.25. The number of benzene rings is 2.